The van der Waals surface area contributed by atoms with Gasteiger partial charge in [0, 0.05) is 11.1 Å². The maximum atomic E-state index is 12.2. The quantitative estimate of drug-likeness (QED) is 0.709. The van der Waals surface area contributed by atoms with Crippen molar-refractivity contribution in [2.75, 3.05) is 11.9 Å². The number of nitrogens with one attached hydrogen (secondary N) is 1. The third-order valence-electron chi connectivity index (χ3n) is 3.64. The molecule has 2 heterocycles. The minimum atomic E-state index is -0.395. The lowest BCUT2D eigenvalue weighted by atomic mass is 10.2. The molecule has 0 atom stereocenters. The van der Waals surface area contributed by atoms with Crippen molar-refractivity contribution in [1.29, 1.82) is 0 Å². The summed E-state index contributed by atoms with van der Waals surface area (Å²) in [7, 11) is 0. The highest BCUT2D eigenvalue weighted by atomic mass is 32.1. The predicted octanol–water partition coefficient (Wildman–Crippen LogP) is 3.67. The Bertz CT molecular complexity index is 900. The molecule has 128 valence electrons. The lowest BCUT2D eigenvalue weighted by Gasteiger charge is -2.09. The van der Waals surface area contributed by atoms with E-state index >= 15 is 0 Å². The Labute approximate surface area is 149 Å². The number of thiophene rings is 1. The first kappa shape index (κ1) is 16.9. The van der Waals surface area contributed by atoms with Crippen LogP contribution >= 0.6 is 11.3 Å². The highest BCUT2D eigenvalue weighted by molar-refractivity contribution is 7.08. The van der Waals surface area contributed by atoms with Crippen molar-refractivity contribution in [1.82, 2.24) is 9.78 Å². The molecule has 7 heteroatoms. The maximum absolute atomic E-state index is 12.2. The summed E-state index contributed by atoms with van der Waals surface area (Å²) in [6.45, 7) is 3.88. The molecule has 1 N–H and O–H groups in total. The van der Waals surface area contributed by atoms with Crippen LogP contribution in [0.2, 0.25) is 0 Å². The molecule has 1 aromatic carbocycles. The van der Waals surface area contributed by atoms with Crippen LogP contribution < -0.4 is 5.32 Å². The van der Waals surface area contributed by atoms with Crippen LogP contribution in [0.4, 0.5) is 5.69 Å². The Morgan fingerprint density at radius 2 is 2.16 bits per heavy atom. The lowest BCUT2D eigenvalue weighted by molar-refractivity contribution is 0.0525. The molecule has 2 aromatic heterocycles. The Balaban J connectivity index is 1.85. The van der Waals surface area contributed by atoms with Crippen molar-refractivity contribution >= 4 is 28.9 Å². The first-order chi connectivity index (χ1) is 12.1. The van der Waals surface area contributed by atoms with E-state index in [9.17, 15) is 9.59 Å². The molecule has 1 amide bonds. The van der Waals surface area contributed by atoms with Gasteiger partial charge in [-0.1, -0.05) is 6.07 Å². The number of carbonyl (C=O) groups excluding carboxylic acids is 2. The number of anilines is 1. The normalized spacial score (nSPS) is 10.5. The second-order valence-corrected chi connectivity index (χ2v) is 6.07. The largest absolute Gasteiger partial charge is 0.462 e. The second-order valence-electron chi connectivity index (χ2n) is 5.29. The minimum Gasteiger partial charge on any atom is -0.462 e. The van der Waals surface area contributed by atoms with E-state index in [1.165, 1.54) is 17.5 Å². The van der Waals surface area contributed by atoms with Crippen molar-refractivity contribution in [3.05, 3.63) is 64.1 Å². The van der Waals surface area contributed by atoms with Crippen LogP contribution in [0.1, 0.15) is 33.3 Å². The summed E-state index contributed by atoms with van der Waals surface area (Å²) in [6.07, 6.45) is 1.49. The van der Waals surface area contributed by atoms with Crippen molar-refractivity contribution in [2.45, 2.75) is 13.8 Å². The van der Waals surface area contributed by atoms with Crippen LogP contribution in [0.15, 0.2) is 47.3 Å². The van der Waals surface area contributed by atoms with Crippen LogP contribution in [0.5, 0.6) is 0 Å². The van der Waals surface area contributed by atoms with Crippen LogP contribution in [0.25, 0.3) is 5.69 Å². The van der Waals surface area contributed by atoms with Gasteiger partial charge in [0.1, 0.15) is 5.56 Å². The summed E-state index contributed by atoms with van der Waals surface area (Å²) >= 11 is 1.47. The molecule has 6 nitrogen and oxygen atoms in total. The molecule has 0 radical (unpaired) electrons. The minimum absolute atomic E-state index is 0.164. The summed E-state index contributed by atoms with van der Waals surface area (Å²) in [5, 5.41) is 10.8. The fourth-order valence-electron chi connectivity index (χ4n) is 2.39. The maximum Gasteiger partial charge on any atom is 0.341 e. The number of benzene rings is 1. The van der Waals surface area contributed by atoms with E-state index in [4.69, 9.17) is 4.74 Å². The molecule has 0 saturated carbocycles. The molecule has 0 bridgehead atoms. The van der Waals surface area contributed by atoms with E-state index in [0.29, 0.717) is 29.1 Å². The second kappa shape index (κ2) is 7.31. The van der Waals surface area contributed by atoms with Crippen molar-refractivity contribution in [3.8, 4) is 5.69 Å². The van der Waals surface area contributed by atoms with E-state index in [1.54, 1.807) is 42.1 Å². The molecule has 3 aromatic rings. The Hall–Kier alpha value is -2.93. The van der Waals surface area contributed by atoms with Gasteiger partial charge in [-0.2, -0.15) is 16.4 Å². The number of amides is 1. The molecular weight excluding hydrogens is 338 g/mol. The number of hydrogen-bond donors (Lipinski definition) is 1. The van der Waals surface area contributed by atoms with Crippen LogP contribution in [0.3, 0.4) is 0 Å². The highest BCUT2D eigenvalue weighted by Crippen LogP contribution is 2.19. The average molecular weight is 355 g/mol. The number of rotatable bonds is 5. The molecule has 0 unspecified atom stereocenters. The summed E-state index contributed by atoms with van der Waals surface area (Å²) < 4.78 is 6.67. The zero-order valence-corrected chi connectivity index (χ0v) is 14.7. The number of hydrogen-bond acceptors (Lipinski definition) is 5. The van der Waals surface area contributed by atoms with Gasteiger partial charge in [0.25, 0.3) is 5.91 Å². The van der Waals surface area contributed by atoms with Gasteiger partial charge in [-0.15, -0.1) is 0 Å². The number of carbonyl (C=O) groups is 2. The van der Waals surface area contributed by atoms with Gasteiger partial charge in [0.15, 0.2) is 0 Å². The fraction of sp³-hybridized carbons (Fsp3) is 0.167. The number of ether oxygens (including phenoxy) is 1. The average Bonchev–Trinajstić information content (AvgIpc) is 3.25. The summed E-state index contributed by atoms with van der Waals surface area (Å²) in [5.41, 5.74) is 3.13. The smallest absolute Gasteiger partial charge is 0.341 e. The number of esters is 1. The van der Waals surface area contributed by atoms with Gasteiger partial charge in [-0.3, -0.25) is 4.79 Å². The number of aromatic nitrogens is 2. The third-order valence-corrected chi connectivity index (χ3v) is 4.32. The van der Waals surface area contributed by atoms with Crippen molar-refractivity contribution in [2.24, 2.45) is 0 Å². The molecule has 0 saturated heterocycles. The Morgan fingerprint density at radius 3 is 2.88 bits per heavy atom. The first-order valence-corrected chi connectivity index (χ1v) is 8.70. The summed E-state index contributed by atoms with van der Waals surface area (Å²) in [6, 6.07) is 9.06. The molecule has 0 aliphatic carbocycles. The zero-order chi connectivity index (χ0) is 17.8. The van der Waals surface area contributed by atoms with E-state index in [0.717, 1.165) is 5.69 Å². The third kappa shape index (κ3) is 3.61. The molecule has 25 heavy (non-hydrogen) atoms. The SMILES string of the molecule is CCOC(=O)c1cnn(-c2cccc(NC(=O)c3ccsc3)c2)c1C. The van der Waals surface area contributed by atoms with E-state index in [1.807, 2.05) is 17.5 Å². The van der Waals surface area contributed by atoms with E-state index < -0.39 is 5.97 Å². The van der Waals surface area contributed by atoms with E-state index in [-0.39, 0.29) is 5.91 Å². The van der Waals surface area contributed by atoms with Gasteiger partial charge in [-0.05, 0) is 43.5 Å². The lowest BCUT2D eigenvalue weighted by Crippen LogP contribution is -2.11. The van der Waals surface area contributed by atoms with Crippen molar-refractivity contribution < 1.29 is 14.3 Å². The molecular formula is C18H17N3O3S. The first-order valence-electron chi connectivity index (χ1n) is 7.76. The monoisotopic (exact) mass is 355 g/mol. The van der Waals surface area contributed by atoms with Crippen LogP contribution in [0, 0.1) is 6.92 Å². The standard InChI is InChI=1S/C18H17N3O3S/c1-3-24-18(23)16-10-19-21(12(16)2)15-6-4-5-14(9-15)20-17(22)13-7-8-25-11-13/h4-11H,3H2,1-2H3,(H,20,22). The topological polar surface area (TPSA) is 73.2 Å². The summed E-state index contributed by atoms with van der Waals surface area (Å²) in [4.78, 5) is 24.1. The van der Waals surface area contributed by atoms with Gasteiger partial charge >= 0.3 is 5.97 Å². The Kier molecular flexibility index (Phi) is 4.95. The molecule has 0 aliphatic heterocycles. The molecule has 0 fully saturated rings. The van der Waals surface area contributed by atoms with Crippen LogP contribution in [-0.4, -0.2) is 28.3 Å². The molecule has 0 aliphatic rings. The van der Waals surface area contributed by atoms with Crippen molar-refractivity contribution in [3.63, 3.8) is 0 Å². The predicted molar refractivity (Wildman–Crippen MR) is 96.5 cm³/mol. The summed E-state index contributed by atoms with van der Waals surface area (Å²) in [5.74, 6) is -0.559. The zero-order valence-electron chi connectivity index (χ0n) is 13.9. The van der Waals surface area contributed by atoms with Gasteiger partial charge in [-0.25, -0.2) is 9.48 Å². The van der Waals surface area contributed by atoms with Gasteiger partial charge < -0.3 is 10.1 Å². The Morgan fingerprint density at radius 1 is 1.32 bits per heavy atom. The molecule has 3 rings (SSSR count). The van der Waals surface area contributed by atoms with E-state index in [2.05, 4.69) is 10.4 Å². The van der Waals surface area contributed by atoms with Gasteiger partial charge in [0.2, 0.25) is 0 Å². The highest BCUT2D eigenvalue weighted by Gasteiger charge is 2.16. The van der Waals surface area contributed by atoms with Crippen LogP contribution in [-0.2, 0) is 4.74 Å². The number of nitrogens with zero attached hydrogens (tertiary/aromatic N) is 2. The fourth-order valence-corrected chi connectivity index (χ4v) is 3.03. The molecule has 0 spiro atoms. The van der Waals surface area contributed by atoms with Gasteiger partial charge in [0.05, 0.1) is 29.7 Å².